The summed E-state index contributed by atoms with van der Waals surface area (Å²) in [5, 5.41) is 32.6. The molecule has 0 aromatic heterocycles. The van der Waals surface area contributed by atoms with Crippen molar-refractivity contribution in [3.05, 3.63) is 48.1 Å². The number of ether oxygens (including phenoxy) is 3. The molecule has 0 spiro atoms. The highest BCUT2D eigenvalue weighted by Gasteiger charge is 2.59. The summed E-state index contributed by atoms with van der Waals surface area (Å²) in [5.41, 5.74) is 2.13. The third kappa shape index (κ3) is 15.1. The molecule has 64 heavy (non-hydrogen) atoms. The van der Waals surface area contributed by atoms with Gasteiger partial charge in [-0.25, -0.2) is 0 Å². The van der Waals surface area contributed by atoms with E-state index in [1.165, 1.54) is 102 Å². The lowest BCUT2D eigenvalue weighted by Crippen LogP contribution is -2.60. The van der Waals surface area contributed by atoms with E-state index in [2.05, 4.69) is 84.1 Å². The van der Waals surface area contributed by atoms with Crippen molar-refractivity contribution >= 4 is 5.97 Å². The van der Waals surface area contributed by atoms with E-state index in [9.17, 15) is 20.1 Å². The normalized spacial score (nSPS) is 34.6. The van der Waals surface area contributed by atoms with E-state index in [1.807, 2.05) is 0 Å². The van der Waals surface area contributed by atoms with Crippen LogP contribution in [0.25, 0.3) is 0 Å². The zero-order chi connectivity index (χ0) is 46.0. The highest BCUT2D eigenvalue weighted by atomic mass is 16.7. The molecule has 4 aliphatic carbocycles. The monoisotopic (exact) mass is 893 g/mol. The molecule has 0 bridgehead atoms. The van der Waals surface area contributed by atoms with Gasteiger partial charge < -0.3 is 29.5 Å². The number of carbonyl (C=O) groups is 1. The molecule has 1 aliphatic heterocycles. The number of aliphatic hydroxyl groups excluding tert-OH is 3. The van der Waals surface area contributed by atoms with Crippen LogP contribution in [0.15, 0.2) is 48.1 Å². The molecular formula is C57H96O7. The molecule has 5 rings (SSSR count). The molecule has 366 valence electrons. The Bertz CT molecular complexity index is 1470. The zero-order valence-electron chi connectivity index (χ0n) is 41.7. The van der Waals surface area contributed by atoms with Gasteiger partial charge in [0.2, 0.25) is 0 Å². The maximum Gasteiger partial charge on any atom is 0.305 e. The van der Waals surface area contributed by atoms with Crippen LogP contribution >= 0.6 is 0 Å². The summed E-state index contributed by atoms with van der Waals surface area (Å²) in [5.74, 6) is 4.41. The lowest BCUT2D eigenvalue weighted by atomic mass is 9.47. The van der Waals surface area contributed by atoms with Crippen molar-refractivity contribution in [2.75, 3.05) is 6.61 Å². The largest absolute Gasteiger partial charge is 0.463 e. The Balaban J connectivity index is 0.948. The van der Waals surface area contributed by atoms with Gasteiger partial charge in [0.1, 0.15) is 31.0 Å². The third-order valence-corrected chi connectivity index (χ3v) is 17.2. The van der Waals surface area contributed by atoms with Gasteiger partial charge in [-0.15, -0.1) is 0 Å². The van der Waals surface area contributed by atoms with Crippen LogP contribution in [0, 0.1) is 46.3 Å². The zero-order valence-corrected chi connectivity index (χ0v) is 41.7. The molecule has 1 heterocycles. The van der Waals surface area contributed by atoms with E-state index < -0.39 is 30.7 Å². The molecule has 1 saturated heterocycles. The number of hydrogen-bond donors (Lipinski definition) is 3. The summed E-state index contributed by atoms with van der Waals surface area (Å²) >= 11 is 0. The molecule has 5 aliphatic rings. The van der Waals surface area contributed by atoms with Crippen LogP contribution in [-0.4, -0.2) is 64.7 Å². The molecule has 4 fully saturated rings. The molecule has 3 N–H and O–H groups in total. The van der Waals surface area contributed by atoms with Gasteiger partial charge in [0.25, 0.3) is 0 Å². The van der Waals surface area contributed by atoms with Crippen LogP contribution in [0.4, 0.5) is 0 Å². The Kier molecular flexibility index (Phi) is 22.7. The SMILES string of the molecule is CCCCCCC/C=C\C/C=C\C/C=C\CCCCCCCCC(=O)OCC1OC(OC2CCC3(C)C(=CCC4C3CCC3(C)C(C(C)CCCC(C)C)CCC43)C2)C(O)C(O)C1O. The minimum atomic E-state index is -1.45. The lowest BCUT2D eigenvalue weighted by molar-refractivity contribution is -0.313. The molecule has 7 nitrogen and oxygen atoms in total. The summed E-state index contributed by atoms with van der Waals surface area (Å²) in [6.07, 6.45) is 41.0. The minimum Gasteiger partial charge on any atom is -0.463 e. The van der Waals surface area contributed by atoms with E-state index in [0.717, 1.165) is 100 Å². The van der Waals surface area contributed by atoms with Gasteiger partial charge in [-0.2, -0.15) is 0 Å². The molecule has 3 saturated carbocycles. The van der Waals surface area contributed by atoms with Crippen LogP contribution < -0.4 is 0 Å². The van der Waals surface area contributed by atoms with Crippen molar-refractivity contribution in [3.63, 3.8) is 0 Å². The first-order valence-corrected chi connectivity index (χ1v) is 27.0. The van der Waals surface area contributed by atoms with E-state index in [1.54, 1.807) is 0 Å². The number of fused-ring (bicyclic) bond motifs is 5. The van der Waals surface area contributed by atoms with Crippen LogP contribution in [0.5, 0.6) is 0 Å². The molecular weight excluding hydrogens is 797 g/mol. The molecule has 0 amide bonds. The summed E-state index contributed by atoms with van der Waals surface area (Å²) in [4.78, 5) is 12.7. The molecule has 7 heteroatoms. The standard InChI is InChI=1S/C57H96O7/c1-7-8-9-10-11-12-13-14-15-16-17-18-19-20-21-22-23-24-25-26-27-31-51(58)62-41-50-52(59)53(60)54(61)55(64-50)63-45-36-38-56(5)44(40-45)32-33-46-48-35-34-47(43(4)30-28-29-42(2)3)57(48,6)39-37-49(46)56/h13-14,16-17,19-20,32,42-43,45-50,52-55,59-61H,7-12,15,18,21-31,33-41H2,1-6H3/b14-13-,17-16-,20-19-. The van der Waals surface area contributed by atoms with Gasteiger partial charge in [0.05, 0.1) is 6.10 Å². The van der Waals surface area contributed by atoms with E-state index in [0.29, 0.717) is 17.8 Å². The smallest absolute Gasteiger partial charge is 0.305 e. The Morgan fingerprint density at radius 1 is 0.750 bits per heavy atom. The van der Waals surface area contributed by atoms with E-state index in [4.69, 9.17) is 14.2 Å². The quantitative estimate of drug-likeness (QED) is 0.0408. The maximum atomic E-state index is 12.7. The Morgan fingerprint density at radius 3 is 2.09 bits per heavy atom. The van der Waals surface area contributed by atoms with Crippen molar-refractivity contribution in [2.24, 2.45) is 46.3 Å². The number of aliphatic hydroxyl groups is 3. The predicted octanol–water partition coefficient (Wildman–Crippen LogP) is 13.7. The minimum absolute atomic E-state index is 0.145. The Labute approximate surface area is 391 Å². The topological polar surface area (TPSA) is 105 Å². The van der Waals surface area contributed by atoms with E-state index in [-0.39, 0.29) is 24.1 Å². The predicted molar refractivity (Wildman–Crippen MR) is 263 cm³/mol. The average Bonchev–Trinajstić information content (AvgIpc) is 3.64. The fourth-order valence-corrected chi connectivity index (χ4v) is 13.3. The number of carbonyl (C=O) groups excluding carboxylic acids is 1. The lowest BCUT2D eigenvalue weighted by Gasteiger charge is -2.58. The first-order valence-electron chi connectivity index (χ1n) is 27.0. The number of esters is 1. The van der Waals surface area contributed by atoms with Crippen molar-refractivity contribution in [2.45, 2.75) is 252 Å². The van der Waals surface area contributed by atoms with E-state index >= 15 is 0 Å². The molecule has 0 radical (unpaired) electrons. The maximum absolute atomic E-state index is 12.7. The van der Waals surface area contributed by atoms with Gasteiger partial charge in [-0.05, 0) is 143 Å². The van der Waals surface area contributed by atoms with Crippen molar-refractivity contribution in [1.29, 1.82) is 0 Å². The van der Waals surface area contributed by atoms with Gasteiger partial charge in [0.15, 0.2) is 6.29 Å². The first-order chi connectivity index (χ1) is 30.9. The summed E-state index contributed by atoms with van der Waals surface area (Å²) in [6.45, 7) is 14.5. The number of hydrogen-bond acceptors (Lipinski definition) is 7. The van der Waals surface area contributed by atoms with Gasteiger partial charge in [-0.3, -0.25) is 4.79 Å². The van der Waals surface area contributed by atoms with Gasteiger partial charge in [-0.1, -0.05) is 160 Å². The number of allylic oxidation sites excluding steroid dienone is 7. The summed E-state index contributed by atoms with van der Waals surface area (Å²) in [7, 11) is 0. The molecule has 13 atom stereocenters. The average molecular weight is 893 g/mol. The Hall–Kier alpha value is -1.77. The van der Waals surface area contributed by atoms with Crippen molar-refractivity contribution < 1.29 is 34.3 Å². The highest BCUT2D eigenvalue weighted by molar-refractivity contribution is 5.69. The second kappa shape index (κ2) is 27.3. The molecule has 13 unspecified atom stereocenters. The first kappa shape index (κ1) is 53.2. The van der Waals surface area contributed by atoms with Crippen molar-refractivity contribution in [3.8, 4) is 0 Å². The second-order valence-electron chi connectivity index (χ2n) is 22.2. The van der Waals surface area contributed by atoms with Crippen LogP contribution in [0.1, 0.15) is 215 Å². The summed E-state index contributed by atoms with van der Waals surface area (Å²) in [6, 6.07) is 0. The fraction of sp³-hybridized carbons (Fsp3) is 0.842. The highest BCUT2D eigenvalue weighted by Crippen LogP contribution is 2.67. The fourth-order valence-electron chi connectivity index (χ4n) is 13.3. The van der Waals surface area contributed by atoms with Crippen LogP contribution in [-0.2, 0) is 19.0 Å². The molecule has 0 aromatic carbocycles. The summed E-state index contributed by atoms with van der Waals surface area (Å²) < 4.78 is 18.0. The Morgan fingerprint density at radius 2 is 1.41 bits per heavy atom. The van der Waals surface area contributed by atoms with Crippen LogP contribution in [0.3, 0.4) is 0 Å². The second-order valence-corrected chi connectivity index (χ2v) is 22.2. The number of rotatable bonds is 28. The van der Waals surface area contributed by atoms with Gasteiger partial charge in [0, 0.05) is 6.42 Å². The molecule has 0 aromatic rings. The number of unbranched alkanes of at least 4 members (excludes halogenated alkanes) is 11. The third-order valence-electron chi connectivity index (χ3n) is 17.2. The van der Waals surface area contributed by atoms with Crippen LogP contribution in [0.2, 0.25) is 0 Å². The van der Waals surface area contributed by atoms with Crippen molar-refractivity contribution in [1.82, 2.24) is 0 Å². The van der Waals surface area contributed by atoms with Gasteiger partial charge >= 0.3 is 5.97 Å².